The first-order chi connectivity index (χ1) is 11.2. The molecule has 6 nitrogen and oxygen atoms in total. The molecule has 0 radical (unpaired) electrons. The van der Waals surface area contributed by atoms with Crippen molar-refractivity contribution in [1.29, 1.82) is 0 Å². The van der Waals surface area contributed by atoms with Crippen LogP contribution in [0.4, 0.5) is 0 Å². The van der Waals surface area contributed by atoms with E-state index in [1.54, 1.807) is 12.1 Å². The van der Waals surface area contributed by atoms with E-state index in [1.165, 1.54) is 32.4 Å². The molecule has 1 aliphatic heterocycles. The predicted octanol–water partition coefficient (Wildman–Crippen LogP) is 2.11. The monoisotopic (exact) mass is 320 g/mol. The Morgan fingerprint density at radius 3 is 2.83 bits per heavy atom. The Bertz CT molecular complexity index is 545. The van der Waals surface area contributed by atoms with Gasteiger partial charge in [0.15, 0.2) is 5.76 Å². The third kappa shape index (κ3) is 5.90. The van der Waals surface area contributed by atoms with Crippen molar-refractivity contribution in [3.8, 4) is 0 Å². The number of nitrogens with zero attached hydrogens (tertiary/aromatic N) is 1. The number of furan rings is 1. The SMILES string of the molecule is COC(=O)/C=C/CCNC(=O)c1ccc(CN2CCCCC2)o1. The first-order valence-electron chi connectivity index (χ1n) is 8.03. The van der Waals surface area contributed by atoms with Crippen LogP contribution in [0.15, 0.2) is 28.7 Å². The summed E-state index contributed by atoms with van der Waals surface area (Å²) >= 11 is 0. The zero-order valence-corrected chi connectivity index (χ0v) is 13.5. The zero-order chi connectivity index (χ0) is 16.5. The summed E-state index contributed by atoms with van der Waals surface area (Å²) < 4.78 is 10.1. The minimum absolute atomic E-state index is 0.235. The molecule has 0 atom stereocenters. The predicted molar refractivity (Wildman–Crippen MR) is 85.9 cm³/mol. The van der Waals surface area contributed by atoms with Gasteiger partial charge in [-0.1, -0.05) is 12.5 Å². The first-order valence-corrected chi connectivity index (χ1v) is 8.03. The second-order valence-corrected chi connectivity index (χ2v) is 5.57. The average Bonchev–Trinajstić information content (AvgIpc) is 3.03. The van der Waals surface area contributed by atoms with Crippen molar-refractivity contribution in [2.45, 2.75) is 32.2 Å². The van der Waals surface area contributed by atoms with Crippen molar-refractivity contribution in [2.75, 3.05) is 26.7 Å². The molecule has 1 aromatic heterocycles. The summed E-state index contributed by atoms with van der Waals surface area (Å²) in [5.41, 5.74) is 0. The van der Waals surface area contributed by atoms with Crippen LogP contribution in [0.2, 0.25) is 0 Å². The van der Waals surface area contributed by atoms with Crippen LogP contribution in [0.1, 0.15) is 42.0 Å². The van der Waals surface area contributed by atoms with Crippen molar-refractivity contribution in [3.63, 3.8) is 0 Å². The largest absolute Gasteiger partial charge is 0.466 e. The highest BCUT2D eigenvalue weighted by Gasteiger charge is 2.14. The summed E-state index contributed by atoms with van der Waals surface area (Å²) in [7, 11) is 1.33. The van der Waals surface area contributed by atoms with Gasteiger partial charge in [-0.05, 0) is 44.5 Å². The minimum Gasteiger partial charge on any atom is -0.466 e. The second kappa shape index (κ2) is 9.15. The van der Waals surface area contributed by atoms with Crippen LogP contribution in [0.25, 0.3) is 0 Å². The van der Waals surface area contributed by atoms with E-state index in [1.807, 2.05) is 6.07 Å². The van der Waals surface area contributed by atoms with E-state index in [4.69, 9.17) is 4.42 Å². The molecule has 0 spiro atoms. The highest BCUT2D eigenvalue weighted by Crippen LogP contribution is 2.15. The molecule has 0 unspecified atom stereocenters. The number of likely N-dealkylation sites (tertiary alicyclic amines) is 1. The highest BCUT2D eigenvalue weighted by atomic mass is 16.5. The molecule has 0 bridgehead atoms. The van der Waals surface area contributed by atoms with E-state index in [0.29, 0.717) is 18.7 Å². The summed E-state index contributed by atoms with van der Waals surface area (Å²) in [6.45, 7) is 3.38. The van der Waals surface area contributed by atoms with Crippen molar-refractivity contribution in [3.05, 3.63) is 35.8 Å². The Morgan fingerprint density at radius 2 is 2.09 bits per heavy atom. The van der Waals surface area contributed by atoms with Gasteiger partial charge in [0.2, 0.25) is 0 Å². The van der Waals surface area contributed by atoms with Crippen LogP contribution >= 0.6 is 0 Å². The zero-order valence-electron chi connectivity index (χ0n) is 13.5. The lowest BCUT2D eigenvalue weighted by Crippen LogP contribution is -2.28. The van der Waals surface area contributed by atoms with Crippen LogP contribution in [0, 0.1) is 0 Å². The topological polar surface area (TPSA) is 71.8 Å². The van der Waals surface area contributed by atoms with Gasteiger partial charge in [-0.3, -0.25) is 9.69 Å². The molecule has 1 saturated heterocycles. The molecule has 6 heteroatoms. The van der Waals surface area contributed by atoms with E-state index in [9.17, 15) is 9.59 Å². The summed E-state index contributed by atoms with van der Waals surface area (Å²) in [6, 6.07) is 3.57. The average molecular weight is 320 g/mol. The van der Waals surface area contributed by atoms with Crippen LogP contribution in [0.5, 0.6) is 0 Å². The number of esters is 1. The second-order valence-electron chi connectivity index (χ2n) is 5.57. The molecule has 126 valence electrons. The molecule has 0 aromatic carbocycles. The van der Waals surface area contributed by atoms with Gasteiger partial charge in [-0.15, -0.1) is 0 Å². The van der Waals surface area contributed by atoms with Gasteiger partial charge in [-0.25, -0.2) is 4.79 Å². The molecule has 23 heavy (non-hydrogen) atoms. The maximum Gasteiger partial charge on any atom is 0.330 e. The van der Waals surface area contributed by atoms with E-state index in [-0.39, 0.29) is 5.91 Å². The molecule has 1 N–H and O–H groups in total. The molecule has 0 aliphatic carbocycles. The fourth-order valence-corrected chi connectivity index (χ4v) is 2.53. The van der Waals surface area contributed by atoms with E-state index in [2.05, 4.69) is 15.0 Å². The van der Waals surface area contributed by atoms with Crippen molar-refractivity contribution in [2.24, 2.45) is 0 Å². The number of piperidine rings is 1. The molecule has 0 saturated carbocycles. The number of carbonyl (C=O) groups excluding carboxylic acids is 2. The standard InChI is InChI=1S/C17H24N2O4/c1-22-16(20)7-3-4-10-18-17(21)15-9-8-14(23-15)13-19-11-5-2-6-12-19/h3,7-9H,2,4-6,10-13H2,1H3,(H,18,21)/b7-3+. The Kier molecular flexibility index (Phi) is 6.87. The van der Waals surface area contributed by atoms with E-state index < -0.39 is 5.97 Å². The maximum absolute atomic E-state index is 12.0. The van der Waals surface area contributed by atoms with Gasteiger partial charge in [0.1, 0.15) is 5.76 Å². The van der Waals surface area contributed by atoms with E-state index in [0.717, 1.165) is 25.4 Å². The number of hydrogen-bond acceptors (Lipinski definition) is 5. The lowest BCUT2D eigenvalue weighted by Gasteiger charge is -2.25. The summed E-state index contributed by atoms with van der Waals surface area (Å²) in [5.74, 6) is 0.516. The Morgan fingerprint density at radius 1 is 1.30 bits per heavy atom. The fraction of sp³-hybridized carbons (Fsp3) is 0.529. The van der Waals surface area contributed by atoms with Crippen LogP contribution in [-0.2, 0) is 16.1 Å². The highest BCUT2D eigenvalue weighted by molar-refractivity contribution is 5.91. The number of nitrogens with one attached hydrogen (secondary N) is 1. The minimum atomic E-state index is -0.398. The van der Waals surface area contributed by atoms with Crippen molar-refractivity contribution in [1.82, 2.24) is 10.2 Å². The lowest BCUT2D eigenvalue weighted by atomic mass is 10.1. The number of amides is 1. The Balaban J connectivity index is 1.72. The molecule has 1 aromatic rings. The van der Waals surface area contributed by atoms with Crippen molar-refractivity contribution >= 4 is 11.9 Å². The van der Waals surface area contributed by atoms with Gasteiger partial charge < -0.3 is 14.5 Å². The molecule has 2 heterocycles. The van der Waals surface area contributed by atoms with Crippen LogP contribution in [-0.4, -0.2) is 43.5 Å². The number of carbonyl (C=O) groups is 2. The van der Waals surface area contributed by atoms with Gasteiger partial charge in [0.05, 0.1) is 13.7 Å². The van der Waals surface area contributed by atoms with Gasteiger partial charge in [0, 0.05) is 12.6 Å². The maximum atomic E-state index is 12.0. The number of ether oxygens (including phenoxy) is 1. The molecular weight excluding hydrogens is 296 g/mol. The molecule has 2 rings (SSSR count). The van der Waals surface area contributed by atoms with Gasteiger partial charge >= 0.3 is 5.97 Å². The van der Waals surface area contributed by atoms with Gasteiger partial charge in [0.25, 0.3) is 5.91 Å². The quantitative estimate of drug-likeness (QED) is 0.473. The summed E-state index contributed by atoms with van der Waals surface area (Å²) in [5, 5.41) is 2.76. The molecule has 1 amide bonds. The normalized spacial score (nSPS) is 15.7. The Labute approximate surface area is 136 Å². The molecular formula is C17H24N2O4. The number of methoxy groups -OCH3 is 1. The molecule has 1 fully saturated rings. The first kappa shape index (κ1) is 17.3. The fourth-order valence-electron chi connectivity index (χ4n) is 2.53. The van der Waals surface area contributed by atoms with Crippen LogP contribution < -0.4 is 5.32 Å². The Hall–Kier alpha value is -2.08. The molecule has 1 aliphatic rings. The van der Waals surface area contributed by atoms with Crippen molar-refractivity contribution < 1.29 is 18.7 Å². The number of hydrogen-bond donors (Lipinski definition) is 1. The lowest BCUT2D eigenvalue weighted by molar-refractivity contribution is -0.134. The number of rotatable bonds is 7. The van der Waals surface area contributed by atoms with Gasteiger partial charge in [-0.2, -0.15) is 0 Å². The van der Waals surface area contributed by atoms with Crippen LogP contribution in [0.3, 0.4) is 0 Å². The third-order valence-electron chi connectivity index (χ3n) is 3.77. The summed E-state index contributed by atoms with van der Waals surface area (Å²) in [6.07, 6.45) is 7.32. The smallest absolute Gasteiger partial charge is 0.330 e. The van der Waals surface area contributed by atoms with E-state index >= 15 is 0 Å². The summed E-state index contributed by atoms with van der Waals surface area (Å²) in [4.78, 5) is 25.2. The third-order valence-corrected chi connectivity index (χ3v) is 3.77.